The minimum absolute atomic E-state index is 0.0879. The van der Waals surface area contributed by atoms with Crippen molar-refractivity contribution in [3.63, 3.8) is 0 Å². The number of H-pyrrole nitrogens is 1. The van der Waals surface area contributed by atoms with Crippen molar-refractivity contribution in [2.24, 2.45) is 11.3 Å². The largest absolute Gasteiger partial charge is 0.388 e. The Morgan fingerprint density at radius 3 is 2.55 bits per heavy atom. The van der Waals surface area contributed by atoms with Gasteiger partial charge < -0.3 is 14.9 Å². The second kappa shape index (κ2) is 9.21. The van der Waals surface area contributed by atoms with E-state index in [4.69, 9.17) is 11.6 Å². The van der Waals surface area contributed by atoms with Gasteiger partial charge in [-0.1, -0.05) is 34.9 Å². The molecule has 31 heavy (non-hydrogen) atoms. The molecule has 2 aliphatic heterocycles. The van der Waals surface area contributed by atoms with Gasteiger partial charge in [0.15, 0.2) is 0 Å². The Balaban J connectivity index is 1.42. The summed E-state index contributed by atoms with van der Waals surface area (Å²) in [6.07, 6.45) is 2.70. The molecule has 0 radical (unpaired) electrons. The number of urea groups is 1. The molecule has 3 heterocycles. The van der Waals surface area contributed by atoms with E-state index in [1.54, 1.807) is 6.20 Å². The highest BCUT2D eigenvalue weighted by Gasteiger charge is 2.41. The van der Waals surface area contributed by atoms with Gasteiger partial charge >= 0.3 is 6.03 Å². The van der Waals surface area contributed by atoms with E-state index in [1.165, 1.54) is 0 Å². The van der Waals surface area contributed by atoms with E-state index in [-0.39, 0.29) is 26.8 Å². The number of nitrogens with zero attached hydrogens (tertiary/aromatic N) is 3. The molecule has 1 atom stereocenters. The standard InChI is InChI=1S/C21H29ClN4O3S2/c1-21(2,19(27)17-12-16(22)11-14-13-23-24-18(14)17)15-3-5-25(6-4-15)20(28)26-7-9-31(30-29)10-8-26/h11-13,15,19,27H,3-10H2,1-2H3,(H,23,24)/t19-/m1/s1. The van der Waals surface area contributed by atoms with Gasteiger partial charge in [-0.25, -0.2) is 9.00 Å². The van der Waals surface area contributed by atoms with Gasteiger partial charge in [0.05, 0.1) is 17.8 Å². The van der Waals surface area contributed by atoms with E-state index in [9.17, 15) is 14.1 Å². The Kier molecular flexibility index (Phi) is 6.76. The predicted octanol–water partition coefficient (Wildman–Crippen LogP) is 3.17. The van der Waals surface area contributed by atoms with Crippen molar-refractivity contribution in [1.29, 1.82) is 0 Å². The summed E-state index contributed by atoms with van der Waals surface area (Å²) in [5.74, 6) is 1.88. The summed E-state index contributed by atoms with van der Waals surface area (Å²) in [5.41, 5.74) is 1.20. The fourth-order valence-corrected chi connectivity index (χ4v) is 7.08. The van der Waals surface area contributed by atoms with Crippen LogP contribution in [-0.2, 0) is 19.7 Å². The number of piperidine rings is 1. The van der Waals surface area contributed by atoms with Crippen LogP contribution in [0.3, 0.4) is 0 Å². The zero-order valence-corrected chi connectivity index (χ0v) is 20.2. The van der Waals surface area contributed by atoms with Crippen LogP contribution >= 0.6 is 11.6 Å². The molecule has 0 unspecified atom stereocenters. The Morgan fingerprint density at radius 2 is 1.90 bits per heavy atom. The number of benzene rings is 1. The van der Waals surface area contributed by atoms with Crippen molar-refractivity contribution in [2.45, 2.75) is 32.8 Å². The van der Waals surface area contributed by atoms with Crippen LogP contribution in [0.4, 0.5) is 4.79 Å². The molecule has 0 saturated carbocycles. The van der Waals surface area contributed by atoms with Crippen molar-refractivity contribution >= 4 is 48.2 Å². The van der Waals surface area contributed by atoms with Crippen molar-refractivity contribution < 1.29 is 14.1 Å². The van der Waals surface area contributed by atoms with Gasteiger partial charge in [-0.3, -0.25) is 5.10 Å². The van der Waals surface area contributed by atoms with E-state index < -0.39 is 6.10 Å². The number of hydrogen-bond donors (Lipinski definition) is 2. The predicted molar refractivity (Wildman–Crippen MR) is 126 cm³/mol. The molecule has 2 aromatic rings. The lowest BCUT2D eigenvalue weighted by atomic mass is 9.68. The molecule has 0 bridgehead atoms. The molecule has 170 valence electrons. The lowest BCUT2D eigenvalue weighted by Gasteiger charge is -2.44. The number of hydrogen-bond acceptors (Lipinski definition) is 4. The van der Waals surface area contributed by atoms with E-state index in [0.717, 1.165) is 40.8 Å². The third-order valence-corrected chi connectivity index (χ3v) is 10.2. The van der Waals surface area contributed by atoms with Gasteiger partial charge in [-0.2, -0.15) is 5.10 Å². The number of aromatic amines is 1. The van der Waals surface area contributed by atoms with Crippen molar-refractivity contribution in [1.82, 2.24) is 20.0 Å². The highest BCUT2D eigenvalue weighted by molar-refractivity contribution is 8.31. The van der Waals surface area contributed by atoms with Gasteiger partial charge in [0, 0.05) is 53.7 Å². The Bertz CT molecular complexity index is 1020. The van der Waals surface area contributed by atoms with Crippen LogP contribution in [-0.4, -0.2) is 73.0 Å². The second-order valence-electron chi connectivity index (χ2n) is 9.00. The zero-order valence-electron chi connectivity index (χ0n) is 17.8. The van der Waals surface area contributed by atoms with Crippen molar-refractivity contribution in [2.75, 3.05) is 37.7 Å². The van der Waals surface area contributed by atoms with Crippen LogP contribution < -0.4 is 0 Å². The monoisotopic (exact) mass is 484 g/mol. The molecular weight excluding hydrogens is 456 g/mol. The molecule has 2 aliphatic rings. The van der Waals surface area contributed by atoms with Gasteiger partial charge in [0.25, 0.3) is 0 Å². The number of aliphatic hydroxyl groups excluding tert-OH is 1. The normalized spacial score (nSPS) is 20.3. The molecule has 1 aromatic carbocycles. The van der Waals surface area contributed by atoms with E-state index >= 15 is 0 Å². The third-order valence-electron chi connectivity index (χ3n) is 6.91. The van der Waals surface area contributed by atoms with Crippen LogP contribution in [0.25, 0.3) is 10.9 Å². The van der Waals surface area contributed by atoms with Gasteiger partial charge in [-0.15, -0.1) is 0 Å². The summed E-state index contributed by atoms with van der Waals surface area (Å²) in [4.78, 5) is 16.7. The number of nitrogens with one attached hydrogen (secondary N) is 1. The van der Waals surface area contributed by atoms with Crippen molar-refractivity contribution in [3.05, 3.63) is 28.9 Å². The van der Waals surface area contributed by atoms with Crippen LogP contribution in [0, 0.1) is 11.3 Å². The molecule has 2 fully saturated rings. The summed E-state index contributed by atoms with van der Waals surface area (Å²) >= 11 is 6.29. The maximum Gasteiger partial charge on any atom is 0.320 e. The molecular formula is C21H29ClN4O3S2. The fraction of sp³-hybridized carbons (Fsp3) is 0.619. The van der Waals surface area contributed by atoms with Gasteiger partial charge in [-0.05, 0) is 36.3 Å². The fourth-order valence-electron chi connectivity index (χ4n) is 4.80. The first-order chi connectivity index (χ1) is 14.8. The lowest BCUT2D eigenvalue weighted by Crippen LogP contribution is -2.51. The highest BCUT2D eigenvalue weighted by Crippen LogP contribution is 2.46. The third kappa shape index (κ3) is 4.55. The number of rotatable bonds is 3. The first-order valence-electron chi connectivity index (χ1n) is 10.6. The zero-order chi connectivity index (χ0) is 22.2. The first kappa shape index (κ1) is 22.8. The average Bonchev–Trinajstić information content (AvgIpc) is 3.26. The second-order valence-corrected chi connectivity index (χ2v) is 13.1. The highest BCUT2D eigenvalue weighted by atomic mass is 35.5. The van der Waals surface area contributed by atoms with E-state index in [0.29, 0.717) is 41.4 Å². The molecule has 2 amide bonds. The Hall–Kier alpha value is -1.42. The first-order valence-corrected chi connectivity index (χ1v) is 13.8. The minimum atomic E-state index is -0.703. The maximum absolute atomic E-state index is 12.9. The smallest absolute Gasteiger partial charge is 0.320 e. The Morgan fingerprint density at radius 1 is 1.26 bits per heavy atom. The number of amides is 2. The molecule has 7 nitrogen and oxygen atoms in total. The molecule has 0 spiro atoms. The summed E-state index contributed by atoms with van der Waals surface area (Å²) in [6.45, 7) is 6.91. The number of aromatic nitrogens is 2. The van der Waals surface area contributed by atoms with E-state index in [1.807, 2.05) is 21.9 Å². The SMILES string of the molecule is CC(C)(C1CCN(C(=O)N2CCS(=S=O)CC2)CC1)[C@H](O)c1cc(Cl)cc2cn[nH]c12. The van der Waals surface area contributed by atoms with E-state index in [2.05, 4.69) is 24.0 Å². The number of halogens is 1. The molecule has 2 saturated heterocycles. The minimum Gasteiger partial charge on any atom is -0.388 e. The maximum atomic E-state index is 12.9. The van der Waals surface area contributed by atoms with Crippen LogP contribution in [0.1, 0.15) is 38.4 Å². The summed E-state index contributed by atoms with van der Waals surface area (Å²) in [5, 5.41) is 19.9. The molecule has 2 N–H and O–H groups in total. The number of carbonyl (C=O) groups excluding carboxylic acids is 1. The van der Waals surface area contributed by atoms with Gasteiger partial charge in [0.1, 0.15) is 10.2 Å². The lowest BCUT2D eigenvalue weighted by molar-refractivity contribution is -0.0156. The number of fused-ring (bicyclic) bond motifs is 1. The average molecular weight is 485 g/mol. The number of carbonyl (C=O) groups is 1. The molecule has 1 aromatic heterocycles. The van der Waals surface area contributed by atoms with Gasteiger partial charge in [0.2, 0.25) is 0 Å². The molecule has 4 rings (SSSR count). The molecule has 10 heteroatoms. The quantitative estimate of drug-likeness (QED) is 0.700. The summed E-state index contributed by atoms with van der Waals surface area (Å²) in [6, 6.07) is 3.75. The number of likely N-dealkylation sites (tertiary alicyclic amines) is 1. The number of aliphatic hydroxyl groups is 1. The topological polar surface area (TPSA) is 89.5 Å². The van der Waals surface area contributed by atoms with Crippen LogP contribution in [0.5, 0.6) is 0 Å². The summed E-state index contributed by atoms with van der Waals surface area (Å²) < 4.78 is 11.0. The van der Waals surface area contributed by atoms with Crippen molar-refractivity contribution in [3.8, 4) is 0 Å². The Labute approximate surface area is 192 Å². The molecule has 0 aliphatic carbocycles. The summed E-state index contributed by atoms with van der Waals surface area (Å²) in [7, 11) is 0.550. The van der Waals surface area contributed by atoms with Crippen LogP contribution in [0.15, 0.2) is 18.3 Å². The van der Waals surface area contributed by atoms with Crippen LogP contribution in [0.2, 0.25) is 5.02 Å².